The van der Waals surface area contributed by atoms with Crippen molar-refractivity contribution in [3.05, 3.63) is 51.7 Å². The van der Waals surface area contributed by atoms with E-state index in [0.29, 0.717) is 41.9 Å². The molecule has 2 heterocycles. The van der Waals surface area contributed by atoms with Gasteiger partial charge in [0.05, 0.1) is 17.0 Å². The first-order chi connectivity index (χ1) is 15.8. The molecule has 10 heteroatoms. The predicted molar refractivity (Wildman–Crippen MR) is 122 cm³/mol. The van der Waals surface area contributed by atoms with Crippen molar-refractivity contribution in [2.45, 2.75) is 26.7 Å². The summed E-state index contributed by atoms with van der Waals surface area (Å²) in [5, 5.41) is 5.60. The summed E-state index contributed by atoms with van der Waals surface area (Å²) in [4.78, 5) is 52.2. The summed E-state index contributed by atoms with van der Waals surface area (Å²) in [6, 6.07) is 5.36. The second-order valence-electron chi connectivity index (χ2n) is 7.62. The number of hydrogen-bond acceptors (Lipinski definition) is 6. The Balaban J connectivity index is 1.69. The SMILES string of the molecule is CCOC(=O)c1c(NC(=O)C2CCN(C(=O)c3ccc(F)cc3)CC2)sc(C(=O)NC)c1C. The van der Waals surface area contributed by atoms with E-state index in [9.17, 15) is 23.6 Å². The molecule has 0 radical (unpaired) electrons. The zero-order valence-electron chi connectivity index (χ0n) is 18.7. The molecule has 1 aromatic heterocycles. The fourth-order valence-corrected chi connectivity index (χ4v) is 4.86. The van der Waals surface area contributed by atoms with Gasteiger partial charge in [0.15, 0.2) is 0 Å². The van der Waals surface area contributed by atoms with Crippen molar-refractivity contribution in [2.24, 2.45) is 5.92 Å². The lowest BCUT2D eigenvalue weighted by molar-refractivity contribution is -0.121. The van der Waals surface area contributed by atoms with Gasteiger partial charge in [-0.15, -0.1) is 11.3 Å². The molecule has 2 aromatic rings. The van der Waals surface area contributed by atoms with E-state index in [0.717, 1.165) is 11.3 Å². The van der Waals surface area contributed by atoms with Crippen LogP contribution in [0.25, 0.3) is 0 Å². The standard InChI is InChI=1S/C23H26FN3O5S/c1-4-32-23(31)17-13(2)18(20(29)25-3)33-21(17)26-19(28)14-9-11-27(12-10-14)22(30)15-5-7-16(24)8-6-15/h5-8,14H,4,9-12H2,1-3H3,(H,25,29)(H,26,28). The number of thiophene rings is 1. The number of nitrogens with one attached hydrogen (secondary N) is 2. The molecule has 176 valence electrons. The van der Waals surface area contributed by atoms with Crippen molar-refractivity contribution >= 4 is 40.0 Å². The van der Waals surface area contributed by atoms with Crippen molar-refractivity contribution < 1.29 is 28.3 Å². The van der Waals surface area contributed by atoms with Gasteiger partial charge in [-0.1, -0.05) is 0 Å². The molecule has 1 aliphatic rings. The third kappa shape index (κ3) is 5.39. The van der Waals surface area contributed by atoms with Crippen molar-refractivity contribution in [2.75, 3.05) is 32.1 Å². The van der Waals surface area contributed by atoms with Gasteiger partial charge in [0.2, 0.25) is 5.91 Å². The highest BCUT2D eigenvalue weighted by Crippen LogP contribution is 2.34. The molecule has 0 atom stereocenters. The number of amides is 3. The zero-order valence-corrected chi connectivity index (χ0v) is 19.5. The number of piperidine rings is 1. The van der Waals surface area contributed by atoms with Gasteiger partial charge >= 0.3 is 5.97 Å². The van der Waals surface area contributed by atoms with Gasteiger partial charge in [0.1, 0.15) is 10.8 Å². The van der Waals surface area contributed by atoms with Gasteiger partial charge in [0.25, 0.3) is 11.8 Å². The minimum Gasteiger partial charge on any atom is -0.462 e. The van der Waals surface area contributed by atoms with Crippen molar-refractivity contribution in [1.82, 2.24) is 10.2 Å². The smallest absolute Gasteiger partial charge is 0.341 e. The number of carbonyl (C=O) groups excluding carboxylic acids is 4. The minimum atomic E-state index is -0.601. The Hall–Kier alpha value is -3.27. The average Bonchev–Trinajstić information content (AvgIpc) is 3.14. The summed E-state index contributed by atoms with van der Waals surface area (Å²) in [7, 11) is 1.49. The molecule has 3 amide bonds. The third-order valence-corrected chi connectivity index (χ3v) is 6.75. The lowest BCUT2D eigenvalue weighted by Crippen LogP contribution is -2.41. The fourth-order valence-electron chi connectivity index (χ4n) is 3.71. The number of hydrogen-bond donors (Lipinski definition) is 2. The Kier molecular flexibility index (Phi) is 7.80. The number of esters is 1. The second kappa shape index (κ2) is 10.6. The van der Waals surface area contributed by atoms with Crippen molar-refractivity contribution in [3.63, 3.8) is 0 Å². The topological polar surface area (TPSA) is 105 Å². The molecule has 0 unspecified atom stereocenters. The predicted octanol–water partition coefficient (Wildman–Crippen LogP) is 3.22. The Bertz CT molecular complexity index is 1060. The van der Waals surface area contributed by atoms with E-state index in [1.807, 2.05) is 0 Å². The summed E-state index contributed by atoms with van der Waals surface area (Å²) in [6.45, 7) is 4.25. The minimum absolute atomic E-state index is 0.164. The lowest BCUT2D eigenvalue weighted by atomic mass is 9.95. The Morgan fingerprint density at radius 2 is 1.79 bits per heavy atom. The van der Waals surface area contributed by atoms with Crippen LogP contribution >= 0.6 is 11.3 Å². The van der Waals surface area contributed by atoms with Crippen LogP contribution in [0.1, 0.15) is 55.7 Å². The van der Waals surface area contributed by atoms with E-state index in [-0.39, 0.29) is 40.8 Å². The average molecular weight is 476 g/mol. The quantitative estimate of drug-likeness (QED) is 0.625. The second-order valence-corrected chi connectivity index (χ2v) is 8.64. The Morgan fingerprint density at radius 3 is 2.36 bits per heavy atom. The highest BCUT2D eigenvalue weighted by Gasteiger charge is 2.31. The first-order valence-corrected chi connectivity index (χ1v) is 11.5. The molecule has 0 spiro atoms. The molecule has 1 saturated heterocycles. The molecule has 8 nitrogen and oxygen atoms in total. The summed E-state index contributed by atoms with van der Waals surface area (Å²) in [5.74, 6) is -2.20. The zero-order chi connectivity index (χ0) is 24.1. The highest BCUT2D eigenvalue weighted by atomic mass is 32.1. The van der Waals surface area contributed by atoms with Gasteiger partial charge in [-0.25, -0.2) is 9.18 Å². The van der Waals surface area contributed by atoms with E-state index < -0.39 is 11.8 Å². The summed E-state index contributed by atoms with van der Waals surface area (Å²) in [5.41, 5.74) is 1.03. The van der Waals surface area contributed by atoms with Crippen molar-refractivity contribution in [1.29, 1.82) is 0 Å². The maximum Gasteiger partial charge on any atom is 0.341 e. The third-order valence-electron chi connectivity index (χ3n) is 5.54. The summed E-state index contributed by atoms with van der Waals surface area (Å²) >= 11 is 1.03. The lowest BCUT2D eigenvalue weighted by Gasteiger charge is -2.31. The van der Waals surface area contributed by atoms with Gasteiger partial charge in [-0.2, -0.15) is 0 Å². The van der Waals surface area contributed by atoms with Crippen LogP contribution in [0.3, 0.4) is 0 Å². The number of halogens is 1. The van der Waals surface area contributed by atoms with Crippen LogP contribution in [0.2, 0.25) is 0 Å². The number of anilines is 1. The normalized spacial score (nSPS) is 14.0. The van der Waals surface area contributed by atoms with Crippen LogP contribution in [0.5, 0.6) is 0 Å². The largest absolute Gasteiger partial charge is 0.462 e. The fraction of sp³-hybridized carbons (Fsp3) is 0.391. The Morgan fingerprint density at radius 1 is 1.15 bits per heavy atom. The number of rotatable bonds is 6. The summed E-state index contributed by atoms with van der Waals surface area (Å²) in [6.07, 6.45) is 0.889. The van der Waals surface area contributed by atoms with Crippen molar-refractivity contribution in [3.8, 4) is 0 Å². The first-order valence-electron chi connectivity index (χ1n) is 10.6. The van der Waals surface area contributed by atoms with E-state index in [2.05, 4.69) is 10.6 Å². The van der Waals surface area contributed by atoms with Gasteiger partial charge in [0, 0.05) is 31.6 Å². The van der Waals surface area contributed by atoms with E-state index in [1.54, 1.807) is 18.7 Å². The van der Waals surface area contributed by atoms with Crippen LogP contribution in [-0.2, 0) is 9.53 Å². The molecule has 3 rings (SSSR count). The highest BCUT2D eigenvalue weighted by molar-refractivity contribution is 7.18. The Labute approximate surface area is 195 Å². The maximum absolute atomic E-state index is 13.1. The molecule has 1 aliphatic heterocycles. The van der Waals surface area contributed by atoms with Crippen LogP contribution in [-0.4, -0.2) is 55.3 Å². The van der Waals surface area contributed by atoms with Gasteiger partial charge in [-0.3, -0.25) is 14.4 Å². The van der Waals surface area contributed by atoms with Crippen LogP contribution in [0, 0.1) is 18.7 Å². The van der Waals surface area contributed by atoms with Gasteiger partial charge in [-0.05, 0) is 56.5 Å². The molecular weight excluding hydrogens is 449 g/mol. The molecule has 1 fully saturated rings. The number of benzene rings is 1. The molecule has 2 N–H and O–H groups in total. The monoisotopic (exact) mass is 475 g/mol. The molecule has 0 bridgehead atoms. The van der Waals surface area contributed by atoms with E-state index in [4.69, 9.17) is 4.74 Å². The molecule has 1 aromatic carbocycles. The number of carbonyl (C=O) groups is 4. The van der Waals surface area contributed by atoms with Crippen LogP contribution in [0.15, 0.2) is 24.3 Å². The molecular formula is C23H26FN3O5S. The van der Waals surface area contributed by atoms with Gasteiger partial charge < -0.3 is 20.3 Å². The van der Waals surface area contributed by atoms with Crippen LogP contribution < -0.4 is 10.6 Å². The van der Waals surface area contributed by atoms with Crippen LogP contribution in [0.4, 0.5) is 9.39 Å². The number of nitrogens with zero attached hydrogens (tertiary/aromatic N) is 1. The molecule has 0 saturated carbocycles. The first kappa shape index (κ1) is 24.4. The maximum atomic E-state index is 13.1. The summed E-state index contributed by atoms with van der Waals surface area (Å²) < 4.78 is 18.2. The number of likely N-dealkylation sites (tertiary alicyclic amines) is 1. The number of ether oxygens (including phenoxy) is 1. The molecule has 0 aliphatic carbocycles. The van der Waals surface area contributed by atoms with E-state index >= 15 is 0 Å². The molecule has 33 heavy (non-hydrogen) atoms. The van der Waals surface area contributed by atoms with E-state index in [1.165, 1.54) is 31.3 Å².